The first-order chi connectivity index (χ1) is 13.2. The van der Waals surface area contributed by atoms with Crippen LogP contribution in [0.1, 0.15) is 57.8 Å². The summed E-state index contributed by atoms with van der Waals surface area (Å²) in [6, 6.07) is 1.57. The Morgan fingerprint density at radius 2 is 1.93 bits per heavy atom. The van der Waals surface area contributed by atoms with E-state index in [1.165, 1.54) is 25.7 Å². The van der Waals surface area contributed by atoms with Crippen LogP contribution in [0.2, 0.25) is 0 Å². The molecule has 6 unspecified atom stereocenters. The molecule has 0 aromatic carbocycles. The lowest BCUT2D eigenvalue weighted by atomic mass is 9.85. The van der Waals surface area contributed by atoms with Crippen molar-refractivity contribution in [1.29, 1.82) is 0 Å². The minimum atomic E-state index is -0.133. The molecular formula is C20H34N4O2S. The molecule has 5 fully saturated rings. The standard InChI is InChI=1S/C20H34N4O2S/c25-14-6-5-13(10-14)21-20-23-16-7-8-24(11-18(16)27-20)19(26)17-9-12-3-1-2-4-15(12)22-17/h12-18,20-23,25H,1-11H2/t12?,13-,14+,15?,16?,17?,18?,20?/m0/s1. The first kappa shape index (κ1) is 18.7. The van der Waals surface area contributed by atoms with Gasteiger partial charge in [-0.25, -0.2) is 0 Å². The van der Waals surface area contributed by atoms with Crippen LogP contribution in [0.25, 0.3) is 0 Å². The second-order valence-electron chi connectivity index (χ2n) is 9.34. The fourth-order valence-electron chi connectivity index (χ4n) is 6.00. The highest BCUT2D eigenvalue weighted by molar-refractivity contribution is 8.00. The molecule has 7 heteroatoms. The van der Waals surface area contributed by atoms with E-state index in [0.29, 0.717) is 29.3 Å². The van der Waals surface area contributed by atoms with E-state index in [-0.39, 0.29) is 17.6 Å². The third-order valence-electron chi connectivity index (χ3n) is 7.50. The van der Waals surface area contributed by atoms with Crippen LogP contribution in [0, 0.1) is 5.92 Å². The molecular weight excluding hydrogens is 360 g/mol. The number of amides is 1. The third kappa shape index (κ3) is 3.90. The number of carbonyl (C=O) groups is 1. The Balaban J connectivity index is 1.13. The molecule has 5 aliphatic rings. The number of hydrogen-bond donors (Lipinski definition) is 4. The largest absolute Gasteiger partial charge is 0.393 e. The lowest BCUT2D eigenvalue weighted by molar-refractivity contribution is -0.134. The highest BCUT2D eigenvalue weighted by Crippen LogP contribution is 2.36. The van der Waals surface area contributed by atoms with Gasteiger partial charge < -0.3 is 15.3 Å². The third-order valence-corrected chi connectivity index (χ3v) is 8.87. The number of thioether (sulfide) groups is 1. The van der Waals surface area contributed by atoms with Gasteiger partial charge in [0, 0.05) is 36.5 Å². The van der Waals surface area contributed by atoms with Crippen molar-refractivity contribution in [2.24, 2.45) is 5.92 Å². The van der Waals surface area contributed by atoms with Crippen molar-refractivity contribution < 1.29 is 9.90 Å². The van der Waals surface area contributed by atoms with Gasteiger partial charge in [0.15, 0.2) is 0 Å². The summed E-state index contributed by atoms with van der Waals surface area (Å²) < 4.78 is 0. The molecule has 2 saturated carbocycles. The molecule has 0 spiro atoms. The zero-order valence-electron chi connectivity index (χ0n) is 16.1. The fraction of sp³-hybridized carbons (Fsp3) is 0.950. The SMILES string of the molecule is O=C(C1CC2CCCCC2N1)N1CCC2NC(N[C@H]3CC[C@@H](O)C3)SC2C1. The van der Waals surface area contributed by atoms with Crippen molar-refractivity contribution in [3.8, 4) is 0 Å². The van der Waals surface area contributed by atoms with Crippen molar-refractivity contribution in [2.45, 2.75) is 98.8 Å². The molecule has 2 aliphatic carbocycles. The predicted octanol–water partition coefficient (Wildman–Crippen LogP) is 1.000. The van der Waals surface area contributed by atoms with Crippen molar-refractivity contribution in [3.05, 3.63) is 0 Å². The van der Waals surface area contributed by atoms with Gasteiger partial charge in [-0.05, 0) is 50.9 Å². The van der Waals surface area contributed by atoms with E-state index in [9.17, 15) is 9.90 Å². The minimum absolute atomic E-state index is 0.0583. The molecule has 3 saturated heterocycles. The minimum Gasteiger partial charge on any atom is -0.393 e. The maximum atomic E-state index is 13.1. The summed E-state index contributed by atoms with van der Waals surface area (Å²) in [5.41, 5.74) is 0.262. The Morgan fingerprint density at radius 3 is 2.74 bits per heavy atom. The first-order valence-corrected chi connectivity index (χ1v) is 12.0. The van der Waals surface area contributed by atoms with E-state index < -0.39 is 0 Å². The van der Waals surface area contributed by atoms with Gasteiger partial charge in [-0.15, -0.1) is 11.8 Å². The Bertz CT molecular complexity index is 550. The predicted molar refractivity (Wildman–Crippen MR) is 107 cm³/mol. The summed E-state index contributed by atoms with van der Waals surface area (Å²) in [5.74, 6) is 1.07. The van der Waals surface area contributed by atoms with Gasteiger partial charge in [-0.2, -0.15) is 0 Å². The van der Waals surface area contributed by atoms with Crippen LogP contribution in [-0.2, 0) is 4.79 Å². The van der Waals surface area contributed by atoms with Crippen LogP contribution in [-0.4, -0.2) is 70.0 Å². The smallest absolute Gasteiger partial charge is 0.239 e. The average molecular weight is 395 g/mol. The average Bonchev–Trinajstić information content (AvgIpc) is 3.38. The summed E-state index contributed by atoms with van der Waals surface area (Å²) in [4.78, 5) is 15.3. The second-order valence-corrected chi connectivity index (χ2v) is 10.7. The topological polar surface area (TPSA) is 76.6 Å². The summed E-state index contributed by atoms with van der Waals surface area (Å²) >= 11 is 1.95. The van der Waals surface area contributed by atoms with Crippen LogP contribution in [0.5, 0.6) is 0 Å². The van der Waals surface area contributed by atoms with Crippen molar-refractivity contribution in [1.82, 2.24) is 20.9 Å². The van der Waals surface area contributed by atoms with Crippen LogP contribution in [0.3, 0.4) is 0 Å². The lowest BCUT2D eigenvalue weighted by Crippen LogP contribution is -2.54. The van der Waals surface area contributed by atoms with Gasteiger partial charge in [0.2, 0.25) is 5.91 Å². The normalized spacial score (nSPS) is 47.1. The molecule has 27 heavy (non-hydrogen) atoms. The van der Waals surface area contributed by atoms with Gasteiger partial charge in [0.1, 0.15) is 5.50 Å². The van der Waals surface area contributed by atoms with Crippen LogP contribution in [0.4, 0.5) is 0 Å². The molecule has 3 heterocycles. The van der Waals surface area contributed by atoms with Gasteiger partial charge >= 0.3 is 0 Å². The van der Waals surface area contributed by atoms with E-state index in [1.54, 1.807) is 0 Å². The van der Waals surface area contributed by atoms with Crippen LogP contribution < -0.4 is 16.0 Å². The maximum absolute atomic E-state index is 13.1. The van der Waals surface area contributed by atoms with Crippen LogP contribution in [0.15, 0.2) is 0 Å². The number of nitrogens with one attached hydrogen (secondary N) is 3. The maximum Gasteiger partial charge on any atom is 0.239 e. The summed E-state index contributed by atoms with van der Waals surface area (Å²) in [7, 11) is 0. The summed E-state index contributed by atoms with van der Waals surface area (Å²) in [6.07, 6.45) is 10.0. The number of aliphatic hydroxyl groups is 1. The zero-order valence-corrected chi connectivity index (χ0v) is 16.9. The Morgan fingerprint density at radius 1 is 1.04 bits per heavy atom. The molecule has 3 aliphatic heterocycles. The van der Waals surface area contributed by atoms with E-state index in [4.69, 9.17) is 0 Å². The molecule has 152 valence electrons. The molecule has 0 radical (unpaired) electrons. The Kier molecular flexibility index (Phi) is 5.41. The fourth-order valence-corrected chi connectivity index (χ4v) is 7.54. The highest BCUT2D eigenvalue weighted by Gasteiger charge is 2.44. The molecule has 6 nitrogen and oxygen atoms in total. The van der Waals surface area contributed by atoms with E-state index in [2.05, 4.69) is 20.9 Å². The van der Waals surface area contributed by atoms with E-state index in [1.807, 2.05) is 11.8 Å². The van der Waals surface area contributed by atoms with Crippen molar-refractivity contribution in [2.75, 3.05) is 13.1 Å². The molecule has 5 rings (SSSR count). The van der Waals surface area contributed by atoms with Gasteiger partial charge in [0.25, 0.3) is 0 Å². The van der Waals surface area contributed by atoms with Crippen LogP contribution >= 0.6 is 11.8 Å². The number of carbonyl (C=O) groups excluding carboxylic acids is 1. The molecule has 4 N–H and O–H groups in total. The monoisotopic (exact) mass is 394 g/mol. The molecule has 0 aromatic rings. The second kappa shape index (κ2) is 7.82. The molecule has 8 atom stereocenters. The molecule has 1 amide bonds. The number of aliphatic hydroxyl groups excluding tert-OH is 1. The Labute approximate surface area is 166 Å². The lowest BCUT2D eigenvalue weighted by Gasteiger charge is -2.35. The zero-order chi connectivity index (χ0) is 18.4. The molecule has 0 aromatic heterocycles. The number of nitrogens with zero attached hydrogens (tertiary/aromatic N) is 1. The first-order valence-electron chi connectivity index (χ1n) is 11.1. The number of rotatable bonds is 3. The number of fused-ring (bicyclic) bond motifs is 2. The van der Waals surface area contributed by atoms with Crippen molar-refractivity contribution >= 4 is 17.7 Å². The Hall–Kier alpha value is -0.340. The van der Waals surface area contributed by atoms with Gasteiger partial charge in [-0.3, -0.25) is 15.4 Å². The van der Waals surface area contributed by atoms with E-state index >= 15 is 0 Å². The van der Waals surface area contributed by atoms with E-state index in [0.717, 1.165) is 51.1 Å². The summed E-state index contributed by atoms with van der Waals surface area (Å²) in [6.45, 7) is 1.76. The molecule has 0 bridgehead atoms. The number of hydrogen-bond acceptors (Lipinski definition) is 6. The van der Waals surface area contributed by atoms with Gasteiger partial charge in [-0.1, -0.05) is 12.8 Å². The quantitative estimate of drug-likeness (QED) is 0.572. The summed E-state index contributed by atoms with van der Waals surface area (Å²) in [5, 5.41) is 21.3. The van der Waals surface area contributed by atoms with Gasteiger partial charge in [0.05, 0.1) is 12.1 Å². The number of piperidine rings is 1. The van der Waals surface area contributed by atoms with Crippen molar-refractivity contribution in [3.63, 3.8) is 0 Å². The number of likely N-dealkylation sites (tertiary alicyclic amines) is 1. The highest BCUT2D eigenvalue weighted by atomic mass is 32.2.